The molecule has 1 heterocycles. The van der Waals surface area contributed by atoms with E-state index in [-0.39, 0.29) is 0 Å². The third-order valence-electron chi connectivity index (χ3n) is 2.65. The van der Waals surface area contributed by atoms with Gasteiger partial charge in [-0.1, -0.05) is 36.4 Å². The molecule has 0 saturated heterocycles. The molecule has 0 aliphatic rings. The van der Waals surface area contributed by atoms with E-state index >= 15 is 0 Å². The van der Waals surface area contributed by atoms with Crippen molar-refractivity contribution in [1.29, 1.82) is 0 Å². The second-order valence-corrected chi connectivity index (χ2v) is 4.15. The quantitative estimate of drug-likeness (QED) is 0.665. The molecule has 2 aromatic rings. The Balaban J connectivity index is 1.86. The highest BCUT2D eigenvalue weighted by Crippen LogP contribution is 2.01. The Bertz CT molecular complexity index is 607. The summed E-state index contributed by atoms with van der Waals surface area (Å²) in [6, 6.07) is 12.9. The van der Waals surface area contributed by atoms with Crippen molar-refractivity contribution in [1.82, 2.24) is 10.3 Å². The molecule has 4 nitrogen and oxygen atoms in total. The Morgan fingerprint density at radius 3 is 2.45 bits per heavy atom. The van der Waals surface area contributed by atoms with E-state index in [0.717, 1.165) is 11.1 Å². The molecule has 2 rings (SSSR count). The molecule has 4 heteroatoms. The fourth-order valence-electron chi connectivity index (χ4n) is 1.58. The van der Waals surface area contributed by atoms with Gasteiger partial charge in [0.15, 0.2) is 0 Å². The predicted octanol–water partition coefficient (Wildman–Crippen LogP) is 1.98. The SMILES string of the molecule is O=C(/C=C/c1ccccc1)C(=O)NCc1ccncc1. The minimum Gasteiger partial charge on any atom is -0.345 e. The van der Waals surface area contributed by atoms with Crippen LogP contribution in [0.25, 0.3) is 6.08 Å². The number of benzene rings is 1. The fourth-order valence-corrected chi connectivity index (χ4v) is 1.58. The van der Waals surface area contributed by atoms with Crippen LogP contribution < -0.4 is 5.32 Å². The van der Waals surface area contributed by atoms with Crippen LogP contribution in [0, 0.1) is 0 Å². The number of nitrogens with one attached hydrogen (secondary N) is 1. The lowest BCUT2D eigenvalue weighted by molar-refractivity contribution is -0.135. The van der Waals surface area contributed by atoms with E-state index in [2.05, 4.69) is 10.3 Å². The van der Waals surface area contributed by atoms with Gasteiger partial charge >= 0.3 is 0 Å². The molecular formula is C16H14N2O2. The number of aromatic nitrogens is 1. The first-order valence-corrected chi connectivity index (χ1v) is 6.20. The molecule has 0 aliphatic heterocycles. The van der Waals surface area contributed by atoms with Gasteiger partial charge in [0.1, 0.15) is 0 Å². The average Bonchev–Trinajstić information content (AvgIpc) is 2.52. The number of carbonyl (C=O) groups excluding carboxylic acids is 2. The molecule has 1 aromatic heterocycles. The second kappa shape index (κ2) is 6.99. The van der Waals surface area contributed by atoms with Gasteiger partial charge in [0.2, 0.25) is 5.78 Å². The molecule has 0 radical (unpaired) electrons. The van der Waals surface area contributed by atoms with Crippen molar-refractivity contribution in [3.05, 3.63) is 72.1 Å². The smallest absolute Gasteiger partial charge is 0.292 e. The molecule has 0 aliphatic carbocycles. The Kier molecular flexibility index (Phi) is 4.78. The summed E-state index contributed by atoms with van der Waals surface area (Å²) in [5.74, 6) is -1.18. The monoisotopic (exact) mass is 266 g/mol. The number of pyridine rings is 1. The van der Waals surface area contributed by atoms with Crippen molar-refractivity contribution in [3.63, 3.8) is 0 Å². The summed E-state index contributed by atoms with van der Waals surface area (Å²) in [6.45, 7) is 0.312. The van der Waals surface area contributed by atoms with Crippen LogP contribution in [0.15, 0.2) is 60.9 Å². The number of ketones is 1. The molecule has 0 fully saturated rings. The second-order valence-electron chi connectivity index (χ2n) is 4.15. The van der Waals surface area contributed by atoms with Gasteiger partial charge in [-0.05, 0) is 29.3 Å². The summed E-state index contributed by atoms with van der Waals surface area (Å²) in [5, 5.41) is 2.57. The standard InChI is InChI=1S/C16H14N2O2/c19-15(7-6-13-4-2-1-3-5-13)16(20)18-12-14-8-10-17-11-9-14/h1-11H,12H2,(H,18,20)/b7-6+. The van der Waals surface area contributed by atoms with Crippen molar-refractivity contribution in [2.75, 3.05) is 0 Å². The normalized spacial score (nSPS) is 10.4. The van der Waals surface area contributed by atoms with Gasteiger partial charge in [-0.3, -0.25) is 14.6 Å². The van der Waals surface area contributed by atoms with Gasteiger partial charge in [-0.25, -0.2) is 0 Å². The van der Waals surface area contributed by atoms with Crippen LogP contribution in [0.2, 0.25) is 0 Å². The Hall–Kier alpha value is -2.75. The van der Waals surface area contributed by atoms with E-state index < -0.39 is 11.7 Å². The molecule has 1 aromatic carbocycles. The van der Waals surface area contributed by atoms with E-state index in [9.17, 15) is 9.59 Å². The Morgan fingerprint density at radius 2 is 1.75 bits per heavy atom. The van der Waals surface area contributed by atoms with Crippen molar-refractivity contribution < 1.29 is 9.59 Å². The molecule has 1 N–H and O–H groups in total. The van der Waals surface area contributed by atoms with Crippen LogP contribution >= 0.6 is 0 Å². The number of rotatable bonds is 5. The topological polar surface area (TPSA) is 59.1 Å². The maximum absolute atomic E-state index is 11.6. The lowest BCUT2D eigenvalue weighted by atomic mass is 10.2. The zero-order chi connectivity index (χ0) is 14.2. The van der Waals surface area contributed by atoms with Gasteiger partial charge in [0, 0.05) is 18.9 Å². The maximum Gasteiger partial charge on any atom is 0.292 e. The number of nitrogens with zero attached hydrogens (tertiary/aromatic N) is 1. The van der Waals surface area contributed by atoms with Gasteiger partial charge < -0.3 is 5.32 Å². The molecule has 0 bridgehead atoms. The van der Waals surface area contributed by atoms with E-state index in [1.807, 2.05) is 30.3 Å². The largest absolute Gasteiger partial charge is 0.345 e. The fraction of sp³-hybridized carbons (Fsp3) is 0.0625. The lowest BCUT2D eigenvalue weighted by Gasteiger charge is -2.02. The summed E-state index contributed by atoms with van der Waals surface area (Å²) in [5.41, 5.74) is 1.77. The Labute approximate surface area is 117 Å². The summed E-state index contributed by atoms with van der Waals surface area (Å²) in [4.78, 5) is 27.1. The molecule has 0 atom stereocenters. The molecule has 0 saturated carbocycles. The van der Waals surface area contributed by atoms with Crippen molar-refractivity contribution >= 4 is 17.8 Å². The molecule has 100 valence electrons. The molecule has 0 unspecified atom stereocenters. The van der Waals surface area contributed by atoms with E-state index in [1.54, 1.807) is 30.6 Å². The molecule has 1 amide bonds. The van der Waals surface area contributed by atoms with Crippen LogP contribution in [-0.2, 0) is 16.1 Å². The van der Waals surface area contributed by atoms with E-state index in [4.69, 9.17) is 0 Å². The highest BCUT2D eigenvalue weighted by Gasteiger charge is 2.09. The summed E-state index contributed by atoms with van der Waals surface area (Å²) in [6.07, 6.45) is 6.17. The van der Waals surface area contributed by atoms with E-state index in [0.29, 0.717) is 6.54 Å². The molecule has 20 heavy (non-hydrogen) atoms. The molecular weight excluding hydrogens is 252 g/mol. The average molecular weight is 266 g/mol. The van der Waals surface area contributed by atoms with Crippen LogP contribution in [0.4, 0.5) is 0 Å². The summed E-state index contributed by atoms with van der Waals surface area (Å²) >= 11 is 0. The minimum atomic E-state index is -0.617. The van der Waals surface area contributed by atoms with Crippen molar-refractivity contribution in [2.45, 2.75) is 6.54 Å². The van der Waals surface area contributed by atoms with Crippen molar-refractivity contribution in [2.24, 2.45) is 0 Å². The van der Waals surface area contributed by atoms with Crippen LogP contribution in [-0.4, -0.2) is 16.7 Å². The van der Waals surface area contributed by atoms with Gasteiger partial charge in [0.05, 0.1) is 0 Å². The highest BCUT2D eigenvalue weighted by atomic mass is 16.2. The number of carbonyl (C=O) groups is 2. The zero-order valence-corrected chi connectivity index (χ0v) is 10.8. The number of amides is 1. The summed E-state index contributed by atoms with van der Waals surface area (Å²) in [7, 11) is 0. The van der Waals surface area contributed by atoms with E-state index in [1.165, 1.54) is 6.08 Å². The lowest BCUT2D eigenvalue weighted by Crippen LogP contribution is -2.29. The third kappa shape index (κ3) is 4.17. The predicted molar refractivity (Wildman–Crippen MR) is 76.6 cm³/mol. The van der Waals surface area contributed by atoms with Crippen LogP contribution in [0.1, 0.15) is 11.1 Å². The first kappa shape index (κ1) is 13.7. The van der Waals surface area contributed by atoms with Crippen LogP contribution in [0.5, 0.6) is 0 Å². The van der Waals surface area contributed by atoms with Crippen molar-refractivity contribution in [3.8, 4) is 0 Å². The van der Waals surface area contributed by atoms with Gasteiger partial charge in [-0.15, -0.1) is 0 Å². The van der Waals surface area contributed by atoms with Gasteiger partial charge in [0.25, 0.3) is 5.91 Å². The number of hydrogen-bond acceptors (Lipinski definition) is 3. The third-order valence-corrected chi connectivity index (χ3v) is 2.65. The minimum absolute atomic E-state index is 0.312. The number of hydrogen-bond donors (Lipinski definition) is 1. The highest BCUT2D eigenvalue weighted by molar-refractivity contribution is 6.41. The first-order chi connectivity index (χ1) is 9.75. The Morgan fingerprint density at radius 1 is 1.05 bits per heavy atom. The zero-order valence-electron chi connectivity index (χ0n) is 10.8. The molecule has 0 spiro atoms. The first-order valence-electron chi connectivity index (χ1n) is 6.20. The van der Waals surface area contributed by atoms with Crippen LogP contribution in [0.3, 0.4) is 0 Å². The summed E-state index contributed by atoms with van der Waals surface area (Å²) < 4.78 is 0. The van der Waals surface area contributed by atoms with Gasteiger partial charge in [-0.2, -0.15) is 0 Å². The maximum atomic E-state index is 11.6.